The van der Waals surface area contributed by atoms with E-state index in [4.69, 9.17) is 5.73 Å². The van der Waals surface area contributed by atoms with E-state index in [2.05, 4.69) is 17.9 Å². The van der Waals surface area contributed by atoms with Crippen molar-refractivity contribution in [1.82, 2.24) is 5.32 Å². The number of thiol groups is 1. The first-order valence-electron chi connectivity index (χ1n) is 6.25. The van der Waals surface area contributed by atoms with Gasteiger partial charge in [0.25, 0.3) is 0 Å². The van der Waals surface area contributed by atoms with Crippen LogP contribution in [0.25, 0.3) is 0 Å². The van der Waals surface area contributed by atoms with Crippen LogP contribution in [0, 0.1) is 11.8 Å². The highest BCUT2D eigenvalue weighted by Crippen LogP contribution is 2.69. The Hall–Kier alpha value is 0.570. The van der Waals surface area contributed by atoms with Crippen molar-refractivity contribution in [2.45, 2.75) is 24.3 Å². The average molecular weight is 348 g/mol. The molecule has 0 bridgehead atoms. The van der Waals surface area contributed by atoms with Crippen molar-refractivity contribution in [1.29, 1.82) is 0 Å². The zero-order chi connectivity index (χ0) is 15.6. The Balaban J connectivity index is 2.99. The van der Waals surface area contributed by atoms with Gasteiger partial charge in [-0.25, -0.2) is 0 Å². The van der Waals surface area contributed by atoms with E-state index in [-0.39, 0.29) is 18.9 Å². The lowest BCUT2D eigenvalue weighted by molar-refractivity contribution is 0.207. The lowest BCUT2D eigenvalue weighted by atomic mass is 9.87. The summed E-state index contributed by atoms with van der Waals surface area (Å²) in [5, 5.41) is 0.125. The molecular formula is C9H22N2O6P2S. The molecule has 1 fully saturated rings. The molecule has 1 aliphatic heterocycles. The minimum absolute atomic E-state index is 0.0712. The zero-order valence-corrected chi connectivity index (χ0v) is 13.6. The lowest BCUT2D eigenvalue weighted by Gasteiger charge is -2.41. The van der Waals surface area contributed by atoms with Gasteiger partial charge in [0.1, 0.15) is 0 Å². The molecule has 1 heterocycles. The quantitative estimate of drug-likeness (QED) is 0.259. The molecule has 1 saturated heterocycles. The van der Waals surface area contributed by atoms with Crippen LogP contribution in [-0.4, -0.2) is 43.4 Å². The fourth-order valence-corrected chi connectivity index (χ4v) is 5.48. The third-order valence-electron chi connectivity index (χ3n) is 3.75. The van der Waals surface area contributed by atoms with Crippen LogP contribution in [0.5, 0.6) is 0 Å². The largest absolute Gasteiger partial charge is 0.357 e. The van der Waals surface area contributed by atoms with Gasteiger partial charge in [0.15, 0.2) is 0 Å². The van der Waals surface area contributed by atoms with Gasteiger partial charge >= 0.3 is 15.2 Å². The molecule has 11 heteroatoms. The first-order chi connectivity index (χ1) is 9.04. The van der Waals surface area contributed by atoms with E-state index in [1.54, 1.807) is 0 Å². The molecule has 20 heavy (non-hydrogen) atoms. The maximum Gasteiger partial charge on any atom is 0.357 e. The monoisotopic (exact) mass is 348 g/mol. The standard InChI is InChI=1S/C9H22N2O6P2S/c10-9(18(12,13)14,19(15,16)17)8-4-7(2-1-3-20)5-11-6-8/h7-8,11,20H,1-6,10H2,(H2,12,13,14)(H2,15,16,17). The number of hydrogen-bond donors (Lipinski definition) is 7. The minimum Gasteiger partial charge on any atom is -0.323 e. The predicted octanol–water partition coefficient (Wildman–Crippen LogP) is -0.110. The first-order valence-corrected chi connectivity index (χ1v) is 10.1. The van der Waals surface area contributed by atoms with Crippen molar-refractivity contribution >= 4 is 27.8 Å². The molecule has 1 aliphatic rings. The maximum atomic E-state index is 11.6. The van der Waals surface area contributed by atoms with E-state index < -0.39 is 26.1 Å². The van der Waals surface area contributed by atoms with E-state index in [9.17, 15) is 28.7 Å². The highest BCUT2D eigenvalue weighted by Gasteiger charge is 2.62. The molecule has 0 aromatic heterocycles. The lowest BCUT2D eigenvalue weighted by Crippen LogP contribution is -2.53. The summed E-state index contributed by atoms with van der Waals surface area (Å²) in [6.07, 6.45) is 1.87. The van der Waals surface area contributed by atoms with E-state index in [0.29, 0.717) is 12.3 Å². The molecule has 120 valence electrons. The maximum absolute atomic E-state index is 11.6. The summed E-state index contributed by atoms with van der Waals surface area (Å²) in [7, 11) is -10.3. The highest BCUT2D eigenvalue weighted by molar-refractivity contribution is 7.80. The third kappa shape index (κ3) is 3.85. The van der Waals surface area contributed by atoms with Crippen LogP contribution in [0.1, 0.15) is 19.3 Å². The fraction of sp³-hybridized carbons (Fsp3) is 1.00. The molecule has 0 amide bonds. The molecule has 2 atom stereocenters. The van der Waals surface area contributed by atoms with Gasteiger partial charge < -0.3 is 30.6 Å². The average Bonchev–Trinajstić information content (AvgIpc) is 2.33. The number of rotatable bonds is 6. The topological polar surface area (TPSA) is 153 Å². The molecule has 0 aliphatic carbocycles. The Kier molecular flexibility index (Phi) is 6.30. The van der Waals surface area contributed by atoms with Crippen molar-refractivity contribution in [2.75, 3.05) is 18.8 Å². The van der Waals surface area contributed by atoms with Crippen LogP contribution in [0.4, 0.5) is 0 Å². The summed E-state index contributed by atoms with van der Waals surface area (Å²) < 4.78 is 23.1. The fourth-order valence-electron chi connectivity index (χ4n) is 2.60. The third-order valence-corrected chi connectivity index (χ3v) is 8.22. The molecule has 7 N–H and O–H groups in total. The van der Waals surface area contributed by atoms with Gasteiger partial charge in [0, 0.05) is 12.5 Å². The Labute approximate surface area is 123 Å². The molecule has 1 rings (SSSR count). The number of nitrogens with two attached hydrogens (primary N) is 1. The van der Waals surface area contributed by atoms with Gasteiger partial charge in [-0.3, -0.25) is 9.13 Å². The van der Waals surface area contributed by atoms with Crippen LogP contribution >= 0.6 is 27.8 Å². The Morgan fingerprint density at radius 3 is 2.20 bits per heavy atom. The summed E-state index contributed by atoms with van der Waals surface area (Å²) in [5.41, 5.74) is 5.54. The van der Waals surface area contributed by atoms with Gasteiger partial charge in [0.2, 0.25) is 5.02 Å². The van der Waals surface area contributed by atoms with Gasteiger partial charge in [-0.15, -0.1) is 0 Å². The SMILES string of the molecule is NC(C1CNCC(CCCS)C1)(P(=O)(O)O)P(=O)(O)O. The Morgan fingerprint density at radius 2 is 1.75 bits per heavy atom. The second-order valence-corrected chi connectivity index (χ2v) is 9.65. The molecule has 0 aromatic rings. The van der Waals surface area contributed by atoms with Gasteiger partial charge in [-0.2, -0.15) is 12.6 Å². The normalized spacial score (nSPS) is 25.7. The molecule has 0 aromatic carbocycles. The summed E-state index contributed by atoms with van der Waals surface area (Å²) in [6.45, 7) is 0.715. The molecule has 8 nitrogen and oxygen atoms in total. The summed E-state index contributed by atoms with van der Waals surface area (Å²) in [4.78, 5) is 37.4. The van der Waals surface area contributed by atoms with Crippen molar-refractivity contribution < 1.29 is 28.7 Å². The zero-order valence-electron chi connectivity index (χ0n) is 10.9. The number of hydrogen-bond acceptors (Lipinski definition) is 5. The van der Waals surface area contributed by atoms with E-state index in [1.165, 1.54) is 0 Å². The van der Waals surface area contributed by atoms with Gasteiger partial charge in [-0.1, -0.05) is 0 Å². The van der Waals surface area contributed by atoms with Crippen LogP contribution < -0.4 is 11.1 Å². The first kappa shape index (κ1) is 18.6. The van der Waals surface area contributed by atoms with E-state index >= 15 is 0 Å². The molecule has 0 radical (unpaired) electrons. The summed E-state index contributed by atoms with van der Waals surface area (Å²) in [5.74, 6) is -0.226. The Morgan fingerprint density at radius 1 is 1.20 bits per heavy atom. The molecule has 0 saturated carbocycles. The highest BCUT2D eigenvalue weighted by atomic mass is 32.1. The second kappa shape index (κ2) is 6.77. The predicted molar refractivity (Wildman–Crippen MR) is 78.6 cm³/mol. The summed E-state index contributed by atoms with van der Waals surface area (Å²) >= 11 is 4.10. The molecular weight excluding hydrogens is 326 g/mol. The molecule has 0 spiro atoms. The number of piperidine rings is 1. The van der Waals surface area contributed by atoms with E-state index in [0.717, 1.165) is 12.8 Å². The van der Waals surface area contributed by atoms with Gasteiger partial charge in [0.05, 0.1) is 0 Å². The van der Waals surface area contributed by atoms with Crippen molar-refractivity contribution in [3.63, 3.8) is 0 Å². The van der Waals surface area contributed by atoms with Crippen LogP contribution in [0.2, 0.25) is 0 Å². The van der Waals surface area contributed by atoms with Crippen molar-refractivity contribution in [3.05, 3.63) is 0 Å². The van der Waals surface area contributed by atoms with Crippen molar-refractivity contribution in [2.24, 2.45) is 17.6 Å². The summed E-state index contributed by atoms with van der Waals surface area (Å²) in [6, 6.07) is 0. The smallest absolute Gasteiger partial charge is 0.323 e. The van der Waals surface area contributed by atoms with E-state index in [1.807, 2.05) is 0 Å². The van der Waals surface area contributed by atoms with Gasteiger partial charge in [-0.05, 0) is 37.5 Å². The number of nitrogens with one attached hydrogen (secondary N) is 1. The van der Waals surface area contributed by atoms with Crippen LogP contribution in [0.15, 0.2) is 0 Å². The Bertz CT molecular complexity index is 403. The second-order valence-electron chi connectivity index (χ2n) is 5.19. The van der Waals surface area contributed by atoms with Crippen LogP contribution in [-0.2, 0) is 9.13 Å². The molecule has 2 unspecified atom stereocenters. The van der Waals surface area contributed by atoms with Crippen molar-refractivity contribution in [3.8, 4) is 0 Å². The van der Waals surface area contributed by atoms with Crippen LogP contribution in [0.3, 0.4) is 0 Å². The minimum atomic E-state index is -5.17.